The maximum atomic E-state index is 13.6. The van der Waals surface area contributed by atoms with Crippen LogP contribution in [0, 0.1) is 5.82 Å². The summed E-state index contributed by atoms with van der Waals surface area (Å²) in [5.41, 5.74) is 0.529. The van der Waals surface area contributed by atoms with E-state index >= 15 is 0 Å². The molecule has 0 fully saturated rings. The highest BCUT2D eigenvalue weighted by Crippen LogP contribution is 2.28. The van der Waals surface area contributed by atoms with E-state index in [0.717, 1.165) is 4.88 Å². The minimum Gasteiger partial charge on any atom is -0.508 e. The van der Waals surface area contributed by atoms with Crippen molar-refractivity contribution in [2.24, 2.45) is 0 Å². The third-order valence-corrected chi connectivity index (χ3v) is 3.99. The minimum atomic E-state index is -0.273. The van der Waals surface area contributed by atoms with Crippen LogP contribution in [0.15, 0.2) is 48.5 Å². The van der Waals surface area contributed by atoms with Crippen molar-refractivity contribution in [3.8, 4) is 5.75 Å². The summed E-state index contributed by atoms with van der Waals surface area (Å²) in [5, 5.41) is 10.6. The quantitative estimate of drug-likeness (QED) is 0.725. The van der Waals surface area contributed by atoms with Crippen molar-refractivity contribution in [1.29, 1.82) is 0 Å². The van der Waals surface area contributed by atoms with E-state index < -0.39 is 0 Å². The van der Waals surface area contributed by atoms with Crippen LogP contribution in [0.25, 0.3) is 10.1 Å². The van der Waals surface area contributed by atoms with Crippen LogP contribution in [0.2, 0.25) is 0 Å². The molecular formula is C15H11FOS. The maximum absolute atomic E-state index is 13.6. The predicted octanol–water partition coefficient (Wildman–Crippen LogP) is 4.34. The van der Waals surface area contributed by atoms with Crippen LogP contribution >= 0.6 is 11.3 Å². The summed E-state index contributed by atoms with van der Waals surface area (Å²) < 4.78 is 14.8. The lowest BCUT2D eigenvalue weighted by molar-refractivity contribution is 0.472. The first-order valence-corrected chi connectivity index (χ1v) is 6.49. The molecule has 0 aliphatic heterocycles. The first kappa shape index (κ1) is 11.2. The molecule has 0 radical (unpaired) electrons. The van der Waals surface area contributed by atoms with Crippen LogP contribution in [0.4, 0.5) is 4.39 Å². The van der Waals surface area contributed by atoms with Crippen LogP contribution in [0.5, 0.6) is 5.75 Å². The largest absolute Gasteiger partial charge is 0.508 e. The number of fused-ring (bicyclic) bond motifs is 1. The molecule has 18 heavy (non-hydrogen) atoms. The molecule has 1 nitrogen and oxygen atoms in total. The SMILES string of the molecule is Oc1ccc(F)c(Cc2cc3ccccc3s2)c1. The molecule has 0 amide bonds. The van der Waals surface area contributed by atoms with Gasteiger partial charge < -0.3 is 5.11 Å². The standard InChI is InChI=1S/C15H11FOS/c16-14-6-5-12(17)7-11(14)9-13-8-10-3-1-2-4-15(10)18-13/h1-8,17H,9H2. The monoisotopic (exact) mass is 258 g/mol. The number of aromatic hydroxyl groups is 1. The van der Waals surface area contributed by atoms with Gasteiger partial charge in [-0.25, -0.2) is 4.39 Å². The zero-order chi connectivity index (χ0) is 12.5. The molecule has 0 aliphatic rings. The average Bonchev–Trinajstić information content (AvgIpc) is 2.76. The lowest BCUT2D eigenvalue weighted by atomic mass is 10.1. The van der Waals surface area contributed by atoms with E-state index in [1.54, 1.807) is 11.3 Å². The molecule has 0 spiro atoms. The van der Waals surface area contributed by atoms with Gasteiger partial charge in [-0.3, -0.25) is 0 Å². The van der Waals surface area contributed by atoms with Gasteiger partial charge in [-0.1, -0.05) is 18.2 Å². The molecule has 90 valence electrons. The van der Waals surface area contributed by atoms with Gasteiger partial charge in [0.2, 0.25) is 0 Å². The number of thiophene rings is 1. The highest BCUT2D eigenvalue weighted by molar-refractivity contribution is 7.19. The third kappa shape index (κ3) is 2.09. The van der Waals surface area contributed by atoms with Crippen LogP contribution in [0.1, 0.15) is 10.4 Å². The maximum Gasteiger partial charge on any atom is 0.127 e. The summed E-state index contributed by atoms with van der Waals surface area (Å²) in [5.74, 6) is -0.169. The van der Waals surface area contributed by atoms with Crippen LogP contribution in [0.3, 0.4) is 0 Å². The van der Waals surface area contributed by atoms with Crippen molar-refractivity contribution in [2.75, 3.05) is 0 Å². The van der Waals surface area contributed by atoms with E-state index in [9.17, 15) is 9.50 Å². The fourth-order valence-electron chi connectivity index (χ4n) is 2.01. The van der Waals surface area contributed by atoms with Crippen LogP contribution < -0.4 is 0 Å². The number of benzene rings is 2. The van der Waals surface area contributed by atoms with Crippen LogP contribution in [-0.4, -0.2) is 5.11 Å². The molecule has 2 aromatic carbocycles. The Morgan fingerprint density at radius 1 is 1.06 bits per heavy atom. The van der Waals surface area contributed by atoms with E-state index in [2.05, 4.69) is 12.1 Å². The van der Waals surface area contributed by atoms with Gasteiger partial charge in [0.1, 0.15) is 11.6 Å². The number of rotatable bonds is 2. The summed E-state index contributed by atoms with van der Waals surface area (Å²) in [6, 6.07) is 14.3. The summed E-state index contributed by atoms with van der Waals surface area (Å²) in [6.07, 6.45) is 0.513. The Balaban J connectivity index is 1.98. The van der Waals surface area contributed by atoms with Crippen molar-refractivity contribution < 1.29 is 9.50 Å². The number of hydrogen-bond acceptors (Lipinski definition) is 2. The minimum absolute atomic E-state index is 0.104. The first-order chi connectivity index (χ1) is 8.72. The highest BCUT2D eigenvalue weighted by Gasteiger charge is 2.07. The number of phenolic OH excluding ortho intramolecular Hbond substituents is 1. The summed E-state index contributed by atoms with van der Waals surface area (Å²) in [7, 11) is 0. The van der Waals surface area contributed by atoms with Gasteiger partial charge in [0, 0.05) is 16.0 Å². The van der Waals surface area contributed by atoms with Gasteiger partial charge in [0.15, 0.2) is 0 Å². The molecule has 0 atom stereocenters. The summed E-state index contributed by atoms with van der Waals surface area (Å²) in [6.45, 7) is 0. The Morgan fingerprint density at radius 3 is 2.72 bits per heavy atom. The number of hydrogen-bond donors (Lipinski definition) is 1. The molecule has 0 saturated heterocycles. The lowest BCUT2D eigenvalue weighted by Gasteiger charge is -2.01. The fourth-order valence-corrected chi connectivity index (χ4v) is 3.10. The van der Waals surface area contributed by atoms with Gasteiger partial charge in [0.25, 0.3) is 0 Å². The Hall–Kier alpha value is -1.87. The van der Waals surface area contributed by atoms with Crippen molar-refractivity contribution in [1.82, 2.24) is 0 Å². The predicted molar refractivity (Wildman–Crippen MR) is 72.7 cm³/mol. The van der Waals surface area contributed by atoms with E-state index in [-0.39, 0.29) is 11.6 Å². The Labute approximate surface area is 108 Å². The van der Waals surface area contributed by atoms with E-state index in [0.29, 0.717) is 12.0 Å². The summed E-state index contributed by atoms with van der Waals surface area (Å²) in [4.78, 5) is 1.10. The van der Waals surface area contributed by atoms with Crippen molar-refractivity contribution >= 4 is 21.4 Å². The molecule has 1 heterocycles. The number of halogens is 1. The van der Waals surface area contributed by atoms with E-state index in [1.165, 1.54) is 28.3 Å². The number of phenols is 1. The zero-order valence-corrected chi connectivity index (χ0v) is 10.4. The second-order valence-electron chi connectivity index (χ2n) is 4.20. The molecule has 3 aromatic rings. The van der Waals surface area contributed by atoms with E-state index in [1.807, 2.05) is 18.2 Å². The summed E-state index contributed by atoms with van der Waals surface area (Å²) >= 11 is 1.66. The molecule has 0 aliphatic carbocycles. The smallest absolute Gasteiger partial charge is 0.127 e. The molecular weight excluding hydrogens is 247 g/mol. The van der Waals surface area contributed by atoms with Crippen molar-refractivity contribution in [3.63, 3.8) is 0 Å². The lowest BCUT2D eigenvalue weighted by Crippen LogP contribution is -1.89. The van der Waals surface area contributed by atoms with Gasteiger partial charge in [0.05, 0.1) is 0 Å². The zero-order valence-electron chi connectivity index (χ0n) is 9.56. The van der Waals surface area contributed by atoms with Crippen LogP contribution in [-0.2, 0) is 6.42 Å². The van der Waals surface area contributed by atoms with Gasteiger partial charge in [-0.15, -0.1) is 11.3 Å². The average molecular weight is 258 g/mol. The Morgan fingerprint density at radius 2 is 1.89 bits per heavy atom. The molecule has 0 saturated carbocycles. The second kappa shape index (κ2) is 4.42. The molecule has 1 N–H and O–H groups in total. The molecule has 1 aromatic heterocycles. The molecule has 0 bridgehead atoms. The van der Waals surface area contributed by atoms with Gasteiger partial charge in [-0.05, 0) is 41.3 Å². The van der Waals surface area contributed by atoms with Gasteiger partial charge in [-0.2, -0.15) is 0 Å². The Bertz CT molecular complexity index is 670. The Kier molecular flexibility index (Phi) is 2.76. The first-order valence-electron chi connectivity index (χ1n) is 5.67. The molecule has 3 rings (SSSR count). The van der Waals surface area contributed by atoms with Gasteiger partial charge >= 0.3 is 0 Å². The third-order valence-electron chi connectivity index (χ3n) is 2.87. The molecule has 3 heteroatoms. The fraction of sp³-hybridized carbons (Fsp3) is 0.0667. The highest BCUT2D eigenvalue weighted by atomic mass is 32.1. The second-order valence-corrected chi connectivity index (χ2v) is 5.37. The molecule has 0 unspecified atom stereocenters. The van der Waals surface area contributed by atoms with E-state index in [4.69, 9.17) is 0 Å². The van der Waals surface area contributed by atoms with Crippen molar-refractivity contribution in [2.45, 2.75) is 6.42 Å². The topological polar surface area (TPSA) is 20.2 Å². The van der Waals surface area contributed by atoms with Crippen molar-refractivity contribution in [3.05, 3.63) is 64.8 Å². The normalized spacial score (nSPS) is 10.9.